The summed E-state index contributed by atoms with van der Waals surface area (Å²) < 4.78 is 5.34. The van der Waals surface area contributed by atoms with Crippen LogP contribution in [0.1, 0.15) is 89.4 Å². The average Bonchev–Trinajstić information content (AvgIpc) is 2.85. The van der Waals surface area contributed by atoms with Crippen LogP contribution in [-0.4, -0.2) is 10.1 Å². The topological polar surface area (TPSA) is 64.9 Å². The highest BCUT2D eigenvalue weighted by Gasteiger charge is 2.30. The molecule has 1 fully saturated rings. The van der Waals surface area contributed by atoms with Crippen LogP contribution in [0.15, 0.2) is 4.52 Å². The number of nitrogens with two attached hydrogens (primary N) is 1. The monoisotopic (exact) mass is 265 g/mol. The highest BCUT2D eigenvalue weighted by atomic mass is 16.5. The van der Waals surface area contributed by atoms with Crippen molar-refractivity contribution in [3.8, 4) is 0 Å². The minimum absolute atomic E-state index is 0.0961. The van der Waals surface area contributed by atoms with Crippen molar-refractivity contribution in [1.82, 2.24) is 10.1 Å². The molecule has 0 saturated heterocycles. The largest absolute Gasteiger partial charge is 0.338 e. The molecule has 108 valence electrons. The predicted molar refractivity (Wildman–Crippen MR) is 75.7 cm³/mol. The molecule has 4 nitrogen and oxygen atoms in total. The summed E-state index contributed by atoms with van der Waals surface area (Å²) in [7, 11) is 0. The zero-order valence-electron chi connectivity index (χ0n) is 12.5. The van der Waals surface area contributed by atoms with Gasteiger partial charge in [-0.1, -0.05) is 38.8 Å². The molecule has 0 aliphatic heterocycles. The number of nitrogens with zero attached hydrogens (tertiary/aromatic N) is 2. The van der Waals surface area contributed by atoms with Crippen molar-refractivity contribution in [1.29, 1.82) is 0 Å². The average molecular weight is 265 g/mol. The van der Waals surface area contributed by atoms with E-state index < -0.39 is 0 Å². The van der Waals surface area contributed by atoms with E-state index in [9.17, 15) is 0 Å². The van der Waals surface area contributed by atoms with E-state index in [1.54, 1.807) is 0 Å². The van der Waals surface area contributed by atoms with Crippen LogP contribution in [0.25, 0.3) is 0 Å². The molecule has 0 spiro atoms. The lowest BCUT2D eigenvalue weighted by molar-refractivity contribution is 0.218. The van der Waals surface area contributed by atoms with E-state index in [4.69, 9.17) is 10.3 Å². The number of unbranched alkanes of at least 4 members (excludes halogenated alkanes) is 1. The van der Waals surface area contributed by atoms with E-state index in [0.29, 0.717) is 17.2 Å². The summed E-state index contributed by atoms with van der Waals surface area (Å²) in [5.74, 6) is 1.95. The van der Waals surface area contributed by atoms with E-state index in [0.717, 1.165) is 37.9 Å². The van der Waals surface area contributed by atoms with Gasteiger partial charge in [0.05, 0.1) is 6.04 Å². The molecule has 1 aliphatic carbocycles. The van der Waals surface area contributed by atoms with Gasteiger partial charge in [-0.05, 0) is 37.5 Å². The zero-order chi connectivity index (χ0) is 13.9. The van der Waals surface area contributed by atoms with Gasteiger partial charge in [0, 0.05) is 5.92 Å². The van der Waals surface area contributed by atoms with Crippen molar-refractivity contribution >= 4 is 0 Å². The molecule has 19 heavy (non-hydrogen) atoms. The second-order valence-electron chi connectivity index (χ2n) is 6.68. The molecule has 4 heteroatoms. The SMILES string of the molecule is CCCCC(N)c1nc(C2CCC(C)(C)CC2)no1. The van der Waals surface area contributed by atoms with Crippen molar-refractivity contribution < 1.29 is 4.52 Å². The number of rotatable bonds is 5. The molecule has 1 unspecified atom stereocenters. The van der Waals surface area contributed by atoms with E-state index in [2.05, 4.69) is 30.9 Å². The smallest absolute Gasteiger partial charge is 0.243 e. The van der Waals surface area contributed by atoms with Crippen LogP contribution in [0.4, 0.5) is 0 Å². The van der Waals surface area contributed by atoms with Gasteiger partial charge >= 0.3 is 0 Å². The fourth-order valence-corrected chi connectivity index (χ4v) is 2.77. The Morgan fingerprint density at radius 1 is 1.37 bits per heavy atom. The van der Waals surface area contributed by atoms with E-state index in [1.807, 2.05) is 0 Å². The molecule has 0 radical (unpaired) electrons. The molecule has 0 amide bonds. The second kappa shape index (κ2) is 6.04. The van der Waals surface area contributed by atoms with Crippen LogP contribution >= 0.6 is 0 Å². The van der Waals surface area contributed by atoms with Gasteiger partial charge in [-0.3, -0.25) is 0 Å². The van der Waals surface area contributed by atoms with Crippen LogP contribution in [-0.2, 0) is 0 Å². The summed E-state index contributed by atoms with van der Waals surface area (Å²) in [5.41, 5.74) is 6.54. The molecule has 1 saturated carbocycles. The quantitative estimate of drug-likeness (QED) is 0.875. The van der Waals surface area contributed by atoms with E-state index >= 15 is 0 Å². The zero-order valence-corrected chi connectivity index (χ0v) is 12.5. The molecular weight excluding hydrogens is 238 g/mol. The summed E-state index contributed by atoms with van der Waals surface area (Å²) in [6.45, 7) is 6.84. The number of hydrogen-bond acceptors (Lipinski definition) is 4. The second-order valence-corrected chi connectivity index (χ2v) is 6.68. The molecule has 2 rings (SSSR count). The molecule has 0 bridgehead atoms. The molecule has 0 aromatic carbocycles. The van der Waals surface area contributed by atoms with E-state index in [-0.39, 0.29) is 6.04 Å². The van der Waals surface area contributed by atoms with Crippen molar-refractivity contribution in [2.45, 2.75) is 77.7 Å². The number of aromatic nitrogens is 2. The Morgan fingerprint density at radius 3 is 2.68 bits per heavy atom. The fourth-order valence-electron chi connectivity index (χ4n) is 2.77. The summed E-state index contributed by atoms with van der Waals surface area (Å²) in [6, 6.07) is -0.0961. The molecule has 1 aromatic heterocycles. The lowest BCUT2D eigenvalue weighted by Gasteiger charge is -2.32. The Balaban J connectivity index is 1.94. The highest BCUT2D eigenvalue weighted by molar-refractivity contribution is 5.00. The molecule has 1 atom stereocenters. The number of hydrogen-bond donors (Lipinski definition) is 1. The fraction of sp³-hybridized carbons (Fsp3) is 0.867. The standard InChI is InChI=1S/C15H27N3O/c1-4-5-6-12(16)14-17-13(18-19-14)11-7-9-15(2,3)10-8-11/h11-12H,4-10,16H2,1-3H3. The lowest BCUT2D eigenvalue weighted by atomic mass is 9.73. The summed E-state index contributed by atoms with van der Waals surface area (Å²) in [4.78, 5) is 4.53. The molecule has 1 aromatic rings. The first kappa shape index (κ1) is 14.5. The van der Waals surface area contributed by atoms with Gasteiger partial charge in [-0.25, -0.2) is 0 Å². The summed E-state index contributed by atoms with van der Waals surface area (Å²) in [5, 5.41) is 4.15. The van der Waals surface area contributed by atoms with Crippen molar-refractivity contribution in [2.75, 3.05) is 0 Å². The Morgan fingerprint density at radius 2 is 2.05 bits per heavy atom. The van der Waals surface area contributed by atoms with Gasteiger partial charge < -0.3 is 10.3 Å². The lowest BCUT2D eigenvalue weighted by Crippen LogP contribution is -2.20. The minimum atomic E-state index is -0.0961. The Hall–Kier alpha value is -0.900. The summed E-state index contributed by atoms with van der Waals surface area (Å²) >= 11 is 0. The van der Waals surface area contributed by atoms with Crippen molar-refractivity contribution in [3.63, 3.8) is 0 Å². The Kier molecular flexibility index (Phi) is 4.61. The maximum atomic E-state index is 6.07. The van der Waals surface area contributed by atoms with Gasteiger partial charge in [-0.15, -0.1) is 0 Å². The maximum absolute atomic E-state index is 6.07. The molecule has 1 aliphatic rings. The van der Waals surface area contributed by atoms with E-state index in [1.165, 1.54) is 12.8 Å². The van der Waals surface area contributed by atoms with Gasteiger partial charge in [0.25, 0.3) is 0 Å². The van der Waals surface area contributed by atoms with Gasteiger partial charge in [0.2, 0.25) is 5.89 Å². The summed E-state index contributed by atoms with van der Waals surface area (Å²) in [6.07, 6.45) is 7.98. The van der Waals surface area contributed by atoms with Gasteiger partial charge in [-0.2, -0.15) is 4.98 Å². The highest BCUT2D eigenvalue weighted by Crippen LogP contribution is 2.41. The van der Waals surface area contributed by atoms with Crippen molar-refractivity contribution in [2.24, 2.45) is 11.1 Å². The third kappa shape index (κ3) is 3.78. The minimum Gasteiger partial charge on any atom is -0.338 e. The van der Waals surface area contributed by atoms with Gasteiger partial charge in [0.15, 0.2) is 5.82 Å². The van der Waals surface area contributed by atoms with Crippen LogP contribution < -0.4 is 5.73 Å². The Bertz CT molecular complexity index is 390. The molecule has 1 heterocycles. The predicted octanol–water partition coefficient (Wildman–Crippen LogP) is 3.94. The Labute approximate surface area is 116 Å². The molecular formula is C15H27N3O. The van der Waals surface area contributed by atoms with Crippen LogP contribution in [0, 0.1) is 5.41 Å². The van der Waals surface area contributed by atoms with Crippen LogP contribution in [0.3, 0.4) is 0 Å². The maximum Gasteiger partial charge on any atom is 0.243 e. The van der Waals surface area contributed by atoms with Crippen LogP contribution in [0.5, 0.6) is 0 Å². The first-order valence-corrected chi connectivity index (χ1v) is 7.61. The molecule has 2 N–H and O–H groups in total. The first-order valence-electron chi connectivity index (χ1n) is 7.61. The third-order valence-electron chi connectivity index (χ3n) is 4.35. The van der Waals surface area contributed by atoms with Crippen LogP contribution in [0.2, 0.25) is 0 Å². The first-order chi connectivity index (χ1) is 9.02. The van der Waals surface area contributed by atoms with Gasteiger partial charge in [0.1, 0.15) is 0 Å². The third-order valence-corrected chi connectivity index (χ3v) is 4.35. The van der Waals surface area contributed by atoms with Crippen molar-refractivity contribution in [3.05, 3.63) is 11.7 Å². The normalized spacial score (nSPS) is 21.5.